The number of hydrogen-bond acceptors (Lipinski definition) is 7. The number of piperidine rings is 1. The molecule has 3 aliphatic heterocycles. The van der Waals surface area contributed by atoms with Gasteiger partial charge in [-0.2, -0.15) is 0 Å². The largest absolute Gasteiger partial charge is 0.379 e. The molecule has 1 atom stereocenters. The molecule has 3 saturated heterocycles. The van der Waals surface area contributed by atoms with Crippen LogP contribution in [0.2, 0.25) is 0 Å². The van der Waals surface area contributed by atoms with Crippen LogP contribution in [-0.2, 0) is 22.6 Å². The molecule has 9 nitrogen and oxygen atoms in total. The number of amides is 1. The van der Waals surface area contributed by atoms with E-state index in [2.05, 4.69) is 30.2 Å². The lowest BCUT2D eigenvalue weighted by Crippen LogP contribution is -2.45. The molecule has 0 bridgehead atoms. The van der Waals surface area contributed by atoms with Gasteiger partial charge in [-0.25, -0.2) is 4.68 Å². The molecule has 1 aromatic heterocycles. The van der Waals surface area contributed by atoms with Crippen LogP contribution in [-0.4, -0.2) is 99.3 Å². The van der Waals surface area contributed by atoms with E-state index in [9.17, 15) is 4.79 Å². The highest BCUT2D eigenvalue weighted by atomic mass is 16.5. The zero-order valence-electron chi connectivity index (χ0n) is 18.3. The number of carbonyl (C=O) groups excluding carboxylic acids is 1. The summed E-state index contributed by atoms with van der Waals surface area (Å²) in [6.07, 6.45) is 8.72. The smallest absolute Gasteiger partial charge is 0.222 e. The Morgan fingerprint density at radius 1 is 0.967 bits per heavy atom. The maximum absolute atomic E-state index is 13.0. The lowest BCUT2D eigenvalue weighted by atomic mass is 9.98. The number of nitrogens with zero attached hydrogens (tertiary/aromatic N) is 7. The maximum Gasteiger partial charge on any atom is 0.222 e. The van der Waals surface area contributed by atoms with Crippen molar-refractivity contribution < 1.29 is 9.53 Å². The van der Waals surface area contributed by atoms with Gasteiger partial charge in [0.1, 0.15) is 0 Å². The topological polar surface area (TPSA) is 79.6 Å². The molecule has 3 aliphatic rings. The van der Waals surface area contributed by atoms with Gasteiger partial charge in [0, 0.05) is 45.2 Å². The molecule has 0 spiro atoms. The summed E-state index contributed by atoms with van der Waals surface area (Å²) >= 11 is 0. The molecule has 30 heavy (non-hydrogen) atoms. The van der Waals surface area contributed by atoms with Crippen molar-refractivity contribution in [3.63, 3.8) is 0 Å². The van der Waals surface area contributed by atoms with Crippen molar-refractivity contribution in [2.75, 3.05) is 52.5 Å². The van der Waals surface area contributed by atoms with Gasteiger partial charge in [0.15, 0.2) is 5.82 Å². The lowest BCUT2D eigenvalue weighted by Gasteiger charge is -2.37. The summed E-state index contributed by atoms with van der Waals surface area (Å²) in [4.78, 5) is 20.0. The van der Waals surface area contributed by atoms with E-state index >= 15 is 0 Å². The molecule has 0 N–H and O–H groups in total. The number of aryl methyl sites for hydroxylation is 1. The normalized spacial score (nSPS) is 23.9. The van der Waals surface area contributed by atoms with E-state index in [1.54, 1.807) is 0 Å². The molecule has 4 heterocycles. The summed E-state index contributed by atoms with van der Waals surface area (Å²) in [6.45, 7) is 9.35. The van der Waals surface area contributed by atoms with Crippen LogP contribution >= 0.6 is 0 Å². The summed E-state index contributed by atoms with van der Waals surface area (Å²) in [6, 6.07) is 0.428. The molecule has 168 valence electrons. The Morgan fingerprint density at radius 2 is 1.77 bits per heavy atom. The fourth-order valence-corrected chi connectivity index (χ4v) is 4.96. The first kappa shape index (κ1) is 21.6. The second kappa shape index (κ2) is 11.2. The van der Waals surface area contributed by atoms with E-state index in [0.717, 1.165) is 77.4 Å². The average molecular weight is 420 g/mol. The number of hydrogen-bond donors (Lipinski definition) is 0. The standard InChI is InChI=1S/C21H37N7O2/c29-21(27-11-2-1-6-19(27)8-13-25-9-3-4-10-25)7-5-12-28-20(22-23-24-28)18-26-14-16-30-17-15-26/h19H,1-18H2/t19-/m0/s1. The fourth-order valence-electron chi connectivity index (χ4n) is 4.96. The molecule has 3 fully saturated rings. The molecular formula is C21H37N7O2. The minimum Gasteiger partial charge on any atom is -0.379 e. The van der Waals surface area contributed by atoms with E-state index in [4.69, 9.17) is 4.74 Å². The summed E-state index contributed by atoms with van der Waals surface area (Å²) in [5.41, 5.74) is 0. The van der Waals surface area contributed by atoms with E-state index in [-0.39, 0.29) is 0 Å². The third-order valence-electron chi connectivity index (χ3n) is 6.76. The molecule has 1 amide bonds. The Kier molecular flexibility index (Phi) is 8.05. The van der Waals surface area contributed by atoms with Crippen molar-refractivity contribution in [1.82, 2.24) is 34.9 Å². The van der Waals surface area contributed by atoms with Crippen molar-refractivity contribution in [1.29, 1.82) is 0 Å². The van der Waals surface area contributed by atoms with E-state index in [0.29, 0.717) is 24.9 Å². The molecule has 9 heteroatoms. The Balaban J connectivity index is 1.22. The number of rotatable bonds is 9. The molecule has 0 aliphatic carbocycles. The predicted molar refractivity (Wildman–Crippen MR) is 113 cm³/mol. The van der Waals surface area contributed by atoms with Gasteiger partial charge >= 0.3 is 0 Å². The minimum atomic E-state index is 0.309. The van der Waals surface area contributed by atoms with Gasteiger partial charge in [0.2, 0.25) is 5.91 Å². The second-order valence-electron chi connectivity index (χ2n) is 8.88. The molecule has 0 unspecified atom stereocenters. The van der Waals surface area contributed by atoms with E-state index in [1.807, 2.05) is 4.68 Å². The van der Waals surface area contributed by atoms with Gasteiger partial charge in [0.25, 0.3) is 0 Å². The zero-order chi connectivity index (χ0) is 20.6. The number of morpholine rings is 1. The monoisotopic (exact) mass is 419 g/mol. The number of likely N-dealkylation sites (tertiary alicyclic amines) is 2. The Bertz CT molecular complexity index is 656. The highest BCUT2D eigenvalue weighted by molar-refractivity contribution is 5.76. The van der Waals surface area contributed by atoms with Crippen LogP contribution in [0.1, 0.15) is 57.2 Å². The Labute approximate surface area is 179 Å². The van der Waals surface area contributed by atoms with Gasteiger partial charge < -0.3 is 14.5 Å². The number of tetrazole rings is 1. The first-order chi connectivity index (χ1) is 14.8. The quantitative estimate of drug-likeness (QED) is 0.594. The second-order valence-corrected chi connectivity index (χ2v) is 8.88. The zero-order valence-corrected chi connectivity index (χ0v) is 18.3. The van der Waals surface area contributed by atoms with Crippen LogP contribution in [0, 0.1) is 0 Å². The van der Waals surface area contributed by atoms with Crippen LogP contribution in [0.3, 0.4) is 0 Å². The van der Waals surface area contributed by atoms with E-state index in [1.165, 1.54) is 32.4 Å². The van der Waals surface area contributed by atoms with E-state index < -0.39 is 0 Å². The Hall–Kier alpha value is -1.58. The fraction of sp³-hybridized carbons (Fsp3) is 0.905. The lowest BCUT2D eigenvalue weighted by molar-refractivity contribution is -0.135. The first-order valence-electron chi connectivity index (χ1n) is 11.9. The van der Waals surface area contributed by atoms with Gasteiger partial charge in [0.05, 0.1) is 19.8 Å². The summed E-state index contributed by atoms with van der Waals surface area (Å²) in [5.74, 6) is 1.19. The average Bonchev–Trinajstić information content (AvgIpc) is 3.45. The molecule has 1 aromatic rings. The van der Waals surface area contributed by atoms with Crippen molar-refractivity contribution in [2.45, 2.75) is 70.5 Å². The molecule has 0 aromatic carbocycles. The minimum absolute atomic E-state index is 0.309. The molecule has 0 saturated carbocycles. The SMILES string of the molecule is O=C(CCCn1nnnc1CN1CCOCC1)N1CCCC[C@H]1CCN1CCCC1. The third-order valence-corrected chi connectivity index (χ3v) is 6.76. The third kappa shape index (κ3) is 5.98. The molecular weight excluding hydrogens is 382 g/mol. The predicted octanol–water partition coefficient (Wildman–Crippen LogP) is 1.15. The molecule has 0 radical (unpaired) electrons. The van der Waals surface area contributed by atoms with Crippen molar-refractivity contribution in [2.24, 2.45) is 0 Å². The van der Waals surface area contributed by atoms with Crippen LogP contribution in [0.25, 0.3) is 0 Å². The number of ether oxygens (including phenoxy) is 1. The summed E-state index contributed by atoms with van der Waals surface area (Å²) in [5, 5.41) is 12.2. The Morgan fingerprint density at radius 3 is 2.60 bits per heavy atom. The van der Waals surface area contributed by atoms with Crippen molar-refractivity contribution in [3.8, 4) is 0 Å². The summed E-state index contributed by atoms with van der Waals surface area (Å²) < 4.78 is 7.27. The molecule has 4 rings (SSSR count). The summed E-state index contributed by atoms with van der Waals surface area (Å²) in [7, 11) is 0. The van der Waals surface area contributed by atoms with Gasteiger partial charge in [-0.15, -0.1) is 5.10 Å². The van der Waals surface area contributed by atoms with Gasteiger partial charge in [-0.1, -0.05) is 0 Å². The number of aromatic nitrogens is 4. The first-order valence-corrected chi connectivity index (χ1v) is 11.9. The highest BCUT2D eigenvalue weighted by Crippen LogP contribution is 2.22. The maximum atomic E-state index is 13.0. The van der Waals surface area contributed by atoms with Crippen molar-refractivity contribution >= 4 is 5.91 Å². The highest BCUT2D eigenvalue weighted by Gasteiger charge is 2.27. The van der Waals surface area contributed by atoms with Crippen LogP contribution in [0.15, 0.2) is 0 Å². The van der Waals surface area contributed by atoms with Gasteiger partial charge in [-0.3, -0.25) is 9.69 Å². The van der Waals surface area contributed by atoms with Crippen molar-refractivity contribution in [3.05, 3.63) is 5.82 Å². The van der Waals surface area contributed by atoms with Crippen LogP contribution in [0.4, 0.5) is 0 Å². The number of carbonyl (C=O) groups is 1. The van der Waals surface area contributed by atoms with Crippen LogP contribution in [0.5, 0.6) is 0 Å². The van der Waals surface area contributed by atoms with Crippen LogP contribution < -0.4 is 0 Å². The van der Waals surface area contributed by atoms with Gasteiger partial charge in [-0.05, 0) is 68.5 Å².